The molecule has 0 spiro atoms. The van der Waals surface area contributed by atoms with Crippen LogP contribution in [0.4, 0.5) is 0 Å². The van der Waals surface area contributed by atoms with Gasteiger partial charge in [0.25, 0.3) is 0 Å². The zero-order chi connectivity index (χ0) is 18.0. The van der Waals surface area contributed by atoms with Crippen LogP contribution in [0.2, 0.25) is 0 Å². The summed E-state index contributed by atoms with van der Waals surface area (Å²) in [6, 6.07) is 15.1. The Morgan fingerprint density at radius 1 is 0.654 bits per heavy atom. The molecule has 4 nitrogen and oxygen atoms in total. The highest BCUT2D eigenvalue weighted by Crippen LogP contribution is 2.46. The van der Waals surface area contributed by atoms with E-state index in [4.69, 9.17) is 0 Å². The average molecular weight is 346 g/mol. The minimum atomic E-state index is -0.983. The van der Waals surface area contributed by atoms with Gasteiger partial charge in [-0.25, -0.2) is 0 Å². The van der Waals surface area contributed by atoms with E-state index in [2.05, 4.69) is 0 Å². The van der Waals surface area contributed by atoms with Gasteiger partial charge in [0, 0.05) is 0 Å². The van der Waals surface area contributed by atoms with Gasteiger partial charge < -0.3 is 20.4 Å². The second kappa shape index (κ2) is 5.50. The Labute approximate surface area is 150 Å². The number of benzene rings is 3. The van der Waals surface area contributed by atoms with Gasteiger partial charge >= 0.3 is 0 Å². The predicted molar refractivity (Wildman–Crippen MR) is 99.3 cm³/mol. The molecule has 5 rings (SSSR count). The minimum absolute atomic E-state index is 0.692. The quantitative estimate of drug-likeness (QED) is 0.504. The second-order valence-electron chi connectivity index (χ2n) is 7.00. The van der Waals surface area contributed by atoms with Crippen LogP contribution in [0.3, 0.4) is 0 Å². The summed E-state index contributed by atoms with van der Waals surface area (Å²) in [7, 11) is 0. The summed E-state index contributed by atoms with van der Waals surface area (Å²) >= 11 is 0. The Bertz CT molecular complexity index is 1070. The summed E-state index contributed by atoms with van der Waals surface area (Å²) in [5.41, 5.74) is 4.76. The summed E-state index contributed by atoms with van der Waals surface area (Å²) < 4.78 is 0. The molecule has 0 heterocycles. The Balaban J connectivity index is 1.83. The van der Waals surface area contributed by atoms with Gasteiger partial charge in [-0.1, -0.05) is 48.6 Å². The molecule has 2 aliphatic carbocycles. The topological polar surface area (TPSA) is 80.9 Å². The first-order valence-corrected chi connectivity index (χ1v) is 8.66. The third kappa shape index (κ3) is 2.04. The maximum Gasteiger partial charge on any atom is 0.110 e. The van der Waals surface area contributed by atoms with Gasteiger partial charge in [-0.2, -0.15) is 0 Å². The smallest absolute Gasteiger partial charge is 0.110 e. The Morgan fingerprint density at radius 3 is 2.27 bits per heavy atom. The van der Waals surface area contributed by atoms with Crippen molar-refractivity contribution in [1.29, 1.82) is 0 Å². The molecule has 0 amide bonds. The average Bonchev–Trinajstić information content (AvgIpc) is 2.67. The normalized spacial score (nSPS) is 26.3. The van der Waals surface area contributed by atoms with Gasteiger partial charge in [-0.05, 0) is 56.3 Å². The van der Waals surface area contributed by atoms with Gasteiger partial charge in [0.2, 0.25) is 0 Å². The van der Waals surface area contributed by atoms with E-state index in [1.807, 2.05) is 48.5 Å². The molecule has 3 aromatic rings. The molecule has 0 saturated heterocycles. The van der Waals surface area contributed by atoms with E-state index in [1.54, 1.807) is 12.1 Å². The van der Waals surface area contributed by atoms with Crippen LogP contribution in [0.5, 0.6) is 0 Å². The molecule has 0 radical (unpaired) electrons. The third-order valence-corrected chi connectivity index (χ3v) is 5.55. The van der Waals surface area contributed by atoms with Crippen LogP contribution in [0.1, 0.15) is 40.6 Å². The number of hydrogen-bond acceptors (Lipinski definition) is 4. The molecule has 0 aliphatic heterocycles. The van der Waals surface area contributed by atoms with Crippen molar-refractivity contribution in [2.24, 2.45) is 0 Å². The zero-order valence-corrected chi connectivity index (χ0v) is 13.9. The van der Waals surface area contributed by atoms with Crippen LogP contribution < -0.4 is 0 Å². The minimum Gasteiger partial charge on any atom is -0.386 e. The fourth-order valence-corrected chi connectivity index (χ4v) is 4.18. The number of aliphatic hydroxyl groups is 4. The van der Waals surface area contributed by atoms with E-state index in [-0.39, 0.29) is 0 Å². The van der Waals surface area contributed by atoms with Crippen LogP contribution >= 0.6 is 0 Å². The van der Waals surface area contributed by atoms with E-state index in [0.717, 1.165) is 27.5 Å². The molecule has 3 aromatic carbocycles. The van der Waals surface area contributed by atoms with Crippen LogP contribution in [0.15, 0.2) is 54.6 Å². The first-order valence-electron chi connectivity index (χ1n) is 8.66. The van der Waals surface area contributed by atoms with E-state index in [1.165, 1.54) is 0 Å². The van der Waals surface area contributed by atoms with Crippen molar-refractivity contribution in [2.75, 3.05) is 0 Å². The molecular weight excluding hydrogens is 328 g/mol. The molecule has 0 unspecified atom stereocenters. The maximum absolute atomic E-state index is 10.6. The Morgan fingerprint density at radius 2 is 1.42 bits per heavy atom. The summed E-state index contributed by atoms with van der Waals surface area (Å²) in [6.45, 7) is 0. The molecule has 4 atom stereocenters. The van der Waals surface area contributed by atoms with Crippen molar-refractivity contribution in [3.05, 3.63) is 76.9 Å². The molecular formula is C22H18O4. The highest BCUT2D eigenvalue weighted by Gasteiger charge is 2.32. The first kappa shape index (κ1) is 15.7. The van der Waals surface area contributed by atoms with E-state index < -0.39 is 24.4 Å². The standard InChI is InChI=1S/C22H18O4/c23-19-8-7-13-15(20(19)24)6-5-11-9-18-17(10-16(11)13)12-3-1-2-4-14(12)21(25)22(18)26/h1-10,19-26H/t19-,20-,21+,22+/m1/s1. The van der Waals surface area contributed by atoms with Crippen molar-refractivity contribution in [3.8, 4) is 11.1 Å². The highest BCUT2D eigenvalue weighted by molar-refractivity contribution is 5.97. The first-order chi connectivity index (χ1) is 12.6. The van der Waals surface area contributed by atoms with Crippen LogP contribution in [0.25, 0.3) is 28.0 Å². The van der Waals surface area contributed by atoms with Gasteiger partial charge in [-0.15, -0.1) is 0 Å². The lowest BCUT2D eigenvalue weighted by atomic mass is 9.79. The number of fused-ring (bicyclic) bond motifs is 6. The van der Waals surface area contributed by atoms with E-state index in [9.17, 15) is 20.4 Å². The third-order valence-electron chi connectivity index (χ3n) is 5.55. The van der Waals surface area contributed by atoms with Crippen molar-refractivity contribution in [1.82, 2.24) is 0 Å². The summed E-state index contributed by atoms with van der Waals surface area (Å²) in [4.78, 5) is 0. The monoisotopic (exact) mass is 346 g/mol. The summed E-state index contributed by atoms with van der Waals surface area (Å²) in [5.74, 6) is 0. The largest absolute Gasteiger partial charge is 0.386 e. The molecule has 0 bridgehead atoms. The second-order valence-corrected chi connectivity index (χ2v) is 7.00. The number of aliphatic hydroxyl groups excluding tert-OH is 4. The lowest BCUT2D eigenvalue weighted by Gasteiger charge is -2.30. The highest BCUT2D eigenvalue weighted by atomic mass is 16.3. The fraction of sp³-hybridized carbons (Fsp3) is 0.182. The number of hydrogen-bond donors (Lipinski definition) is 4. The Kier molecular flexibility index (Phi) is 3.33. The van der Waals surface area contributed by atoms with Crippen LogP contribution in [-0.2, 0) is 0 Å². The fourth-order valence-electron chi connectivity index (χ4n) is 4.18. The molecule has 4 heteroatoms. The van der Waals surface area contributed by atoms with Crippen molar-refractivity contribution in [3.63, 3.8) is 0 Å². The molecule has 0 saturated carbocycles. The molecule has 0 fully saturated rings. The molecule has 2 aliphatic rings. The summed E-state index contributed by atoms with van der Waals surface area (Å²) in [6.07, 6.45) is -0.362. The predicted octanol–water partition coefficient (Wildman–Crippen LogP) is 3.01. The Hall–Kier alpha value is -2.50. The van der Waals surface area contributed by atoms with Gasteiger partial charge in [0.05, 0.1) is 0 Å². The lowest BCUT2D eigenvalue weighted by Crippen LogP contribution is -2.20. The SMILES string of the molecule is O[C@@H]1C=Cc2c(ccc3cc4c(cc23)-c2ccccc2[C@H](O)[C@H]4O)[C@H]1O. The molecule has 0 aromatic heterocycles. The van der Waals surface area contributed by atoms with Crippen molar-refractivity contribution >= 4 is 16.8 Å². The maximum atomic E-state index is 10.6. The molecule has 4 N–H and O–H groups in total. The van der Waals surface area contributed by atoms with E-state index in [0.29, 0.717) is 16.7 Å². The molecule has 130 valence electrons. The number of rotatable bonds is 0. The van der Waals surface area contributed by atoms with Crippen molar-refractivity contribution < 1.29 is 20.4 Å². The van der Waals surface area contributed by atoms with Crippen molar-refractivity contribution in [2.45, 2.75) is 24.4 Å². The zero-order valence-electron chi connectivity index (χ0n) is 13.9. The lowest BCUT2D eigenvalue weighted by molar-refractivity contribution is 0.0159. The van der Waals surface area contributed by atoms with Gasteiger partial charge in [-0.3, -0.25) is 0 Å². The van der Waals surface area contributed by atoms with E-state index >= 15 is 0 Å². The van der Waals surface area contributed by atoms with Gasteiger partial charge in [0.15, 0.2) is 0 Å². The molecule has 26 heavy (non-hydrogen) atoms. The van der Waals surface area contributed by atoms with Gasteiger partial charge in [0.1, 0.15) is 24.4 Å². The summed E-state index contributed by atoms with van der Waals surface area (Å²) in [5, 5.41) is 43.1. The van der Waals surface area contributed by atoms with Crippen LogP contribution in [0, 0.1) is 0 Å². The van der Waals surface area contributed by atoms with Crippen LogP contribution in [-0.4, -0.2) is 26.5 Å².